The van der Waals surface area contributed by atoms with Crippen LogP contribution in [0.3, 0.4) is 0 Å². The lowest BCUT2D eigenvalue weighted by atomic mass is 10.2. The quantitative estimate of drug-likeness (QED) is 0.671. The summed E-state index contributed by atoms with van der Waals surface area (Å²) < 4.78 is 0. The van der Waals surface area contributed by atoms with E-state index in [1.807, 2.05) is 0 Å². The average molecular weight is 256 g/mol. The standard InChI is InChI=1S/C6H7Cl5/c7-2-1-4(9)6(11)5(10)3-8/h1-2,4-6H,3H2. The van der Waals surface area contributed by atoms with Crippen molar-refractivity contribution >= 4 is 58.0 Å². The van der Waals surface area contributed by atoms with E-state index in [4.69, 9.17) is 58.0 Å². The number of hydrogen-bond acceptors (Lipinski definition) is 0. The van der Waals surface area contributed by atoms with Crippen molar-refractivity contribution < 1.29 is 0 Å². The summed E-state index contributed by atoms with van der Waals surface area (Å²) in [4.78, 5) is 0. The van der Waals surface area contributed by atoms with Crippen molar-refractivity contribution in [2.75, 3.05) is 5.88 Å². The van der Waals surface area contributed by atoms with Gasteiger partial charge in [0.05, 0.1) is 16.1 Å². The van der Waals surface area contributed by atoms with Gasteiger partial charge in [-0.3, -0.25) is 0 Å². The largest absolute Gasteiger partial charge is 0.125 e. The highest BCUT2D eigenvalue weighted by atomic mass is 35.5. The highest BCUT2D eigenvalue weighted by molar-refractivity contribution is 6.37. The van der Waals surface area contributed by atoms with E-state index in [-0.39, 0.29) is 16.6 Å². The fourth-order valence-corrected chi connectivity index (χ4v) is 1.63. The molecule has 0 nitrogen and oxygen atoms in total. The minimum absolute atomic E-state index is 0.273. The average Bonchev–Trinajstić information content (AvgIpc) is 2.02. The highest BCUT2D eigenvalue weighted by Crippen LogP contribution is 2.20. The SMILES string of the molecule is ClC=CC(Cl)C(Cl)C(Cl)CCl. The molecular formula is C6H7Cl5. The van der Waals surface area contributed by atoms with Crippen molar-refractivity contribution in [3.8, 4) is 0 Å². The monoisotopic (exact) mass is 254 g/mol. The molecule has 0 aliphatic carbocycles. The normalized spacial score (nSPS) is 20.1. The van der Waals surface area contributed by atoms with Crippen molar-refractivity contribution in [2.24, 2.45) is 0 Å². The van der Waals surface area contributed by atoms with Crippen molar-refractivity contribution in [2.45, 2.75) is 16.1 Å². The lowest BCUT2D eigenvalue weighted by Gasteiger charge is -2.15. The van der Waals surface area contributed by atoms with Gasteiger partial charge in [-0.15, -0.1) is 46.4 Å². The van der Waals surface area contributed by atoms with Gasteiger partial charge in [-0.25, -0.2) is 0 Å². The minimum Gasteiger partial charge on any atom is -0.125 e. The lowest BCUT2D eigenvalue weighted by molar-refractivity contribution is 0.845. The maximum Gasteiger partial charge on any atom is 0.0710 e. The molecular weight excluding hydrogens is 249 g/mol. The molecule has 66 valence electrons. The van der Waals surface area contributed by atoms with Crippen LogP contribution in [-0.2, 0) is 0 Å². The molecule has 0 spiro atoms. The lowest BCUT2D eigenvalue weighted by Crippen LogP contribution is -2.25. The van der Waals surface area contributed by atoms with E-state index >= 15 is 0 Å². The summed E-state index contributed by atoms with van der Waals surface area (Å²) in [7, 11) is 0. The van der Waals surface area contributed by atoms with Crippen LogP contribution in [0.25, 0.3) is 0 Å². The summed E-state index contributed by atoms with van der Waals surface area (Å²) in [5, 5.41) is -1.12. The summed E-state index contributed by atoms with van der Waals surface area (Å²) >= 11 is 28.0. The van der Waals surface area contributed by atoms with Crippen LogP contribution in [0.1, 0.15) is 0 Å². The smallest absolute Gasteiger partial charge is 0.0710 e. The van der Waals surface area contributed by atoms with Crippen LogP contribution >= 0.6 is 58.0 Å². The van der Waals surface area contributed by atoms with Crippen molar-refractivity contribution in [3.63, 3.8) is 0 Å². The van der Waals surface area contributed by atoms with Gasteiger partial charge < -0.3 is 0 Å². The molecule has 0 saturated heterocycles. The van der Waals surface area contributed by atoms with Gasteiger partial charge in [0, 0.05) is 11.4 Å². The second-order valence-electron chi connectivity index (χ2n) is 1.88. The van der Waals surface area contributed by atoms with Crippen LogP contribution in [0, 0.1) is 0 Å². The van der Waals surface area contributed by atoms with E-state index in [1.165, 1.54) is 5.54 Å². The van der Waals surface area contributed by atoms with Crippen LogP contribution in [0.2, 0.25) is 0 Å². The van der Waals surface area contributed by atoms with E-state index in [2.05, 4.69) is 0 Å². The van der Waals surface area contributed by atoms with Gasteiger partial charge in [0.2, 0.25) is 0 Å². The fourth-order valence-electron chi connectivity index (χ4n) is 0.460. The Hall–Kier alpha value is 1.19. The molecule has 0 amide bonds. The zero-order valence-electron chi connectivity index (χ0n) is 5.48. The second kappa shape index (κ2) is 6.68. The Bertz CT molecular complexity index is 124. The summed E-state index contributed by atoms with van der Waals surface area (Å²) in [6, 6.07) is 0. The zero-order valence-corrected chi connectivity index (χ0v) is 9.26. The van der Waals surface area contributed by atoms with Crippen molar-refractivity contribution in [1.29, 1.82) is 0 Å². The summed E-state index contributed by atoms with van der Waals surface area (Å²) in [6.07, 6.45) is 1.56. The van der Waals surface area contributed by atoms with Gasteiger partial charge in [0.1, 0.15) is 0 Å². The number of allylic oxidation sites excluding steroid dienone is 1. The second-order valence-corrected chi connectivity index (χ2v) is 4.01. The molecule has 0 rings (SSSR count). The molecule has 5 heteroatoms. The van der Waals surface area contributed by atoms with Crippen LogP contribution in [0.15, 0.2) is 11.6 Å². The first-order chi connectivity index (χ1) is 5.13. The number of rotatable bonds is 4. The summed E-state index contributed by atoms with van der Waals surface area (Å²) in [5.74, 6) is 0.273. The van der Waals surface area contributed by atoms with Crippen LogP contribution in [0.5, 0.6) is 0 Å². The molecule has 11 heavy (non-hydrogen) atoms. The number of hydrogen-bond donors (Lipinski definition) is 0. The van der Waals surface area contributed by atoms with E-state index < -0.39 is 5.38 Å². The molecule has 0 aromatic carbocycles. The van der Waals surface area contributed by atoms with Gasteiger partial charge >= 0.3 is 0 Å². The molecule has 0 aromatic rings. The van der Waals surface area contributed by atoms with Gasteiger partial charge in [-0.2, -0.15) is 0 Å². The van der Waals surface area contributed by atoms with E-state index in [9.17, 15) is 0 Å². The molecule has 3 unspecified atom stereocenters. The van der Waals surface area contributed by atoms with Crippen LogP contribution in [-0.4, -0.2) is 22.0 Å². The first kappa shape index (κ1) is 12.2. The Morgan fingerprint density at radius 2 is 1.73 bits per heavy atom. The fraction of sp³-hybridized carbons (Fsp3) is 0.667. The third-order valence-electron chi connectivity index (χ3n) is 1.05. The summed E-state index contributed by atoms with van der Waals surface area (Å²) in [5.41, 5.74) is 1.31. The molecule has 0 aliphatic heterocycles. The maximum absolute atomic E-state index is 5.80. The number of halogens is 5. The van der Waals surface area contributed by atoms with Crippen molar-refractivity contribution in [3.05, 3.63) is 11.6 Å². The third kappa shape index (κ3) is 4.69. The van der Waals surface area contributed by atoms with E-state index in [1.54, 1.807) is 6.08 Å². The zero-order chi connectivity index (χ0) is 8.85. The molecule has 0 saturated carbocycles. The minimum atomic E-state index is -0.397. The van der Waals surface area contributed by atoms with Crippen LogP contribution in [0.4, 0.5) is 0 Å². The van der Waals surface area contributed by atoms with Gasteiger partial charge in [0.15, 0.2) is 0 Å². The Balaban J connectivity index is 3.90. The van der Waals surface area contributed by atoms with Gasteiger partial charge in [-0.1, -0.05) is 17.7 Å². The molecule has 0 aliphatic rings. The predicted octanol–water partition coefficient (Wildman–Crippen LogP) is 3.80. The number of alkyl halides is 4. The molecule has 0 heterocycles. The Labute approximate surface area is 91.4 Å². The highest BCUT2D eigenvalue weighted by Gasteiger charge is 2.21. The molecule has 0 radical (unpaired) electrons. The third-order valence-corrected chi connectivity index (χ3v) is 3.37. The Kier molecular flexibility index (Phi) is 7.40. The van der Waals surface area contributed by atoms with Crippen LogP contribution < -0.4 is 0 Å². The topological polar surface area (TPSA) is 0 Å². The maximum atomic E-state index is 5.80. The summed E-state index contributed by atoms with van der Waals surface area (Å²) in [6.45, 7) is 0. The first-order valence-corrected chi connectivity index (χ1v) is 5.16. The first-order valence-electron chi connectivity index (χ1n) is 2.88. The van der Waals surface area contributed by atoms with E-state index in [0.29, 0.717) is 0 Å². The Morgan fingerprint density at radius 3 is 2.09 bits per heavy atom. The Morgan fingerprint density at radius 1 is 1.18 bits per heavy atom. The predicted molar refractivity (Wildman–Crippen MR) is 54.6 cm³/mol. The molecule has 0 fully saturated rings. The molecule has 0 N–H and O–H groups in total. The molecule has 0 bridgehead atoms. The van der Waals surface area contributed by atoms with E-state index in [0.717, 1.165) is 0 Å². The van der Waals surface area contributed by atoms with Gasteiger partial charge in [0.25, 0.3) is 0 Å². The molecule has 0 aromatic heterocycles. The van der Waals surface area contributed by atoms with Crippen molar-refractivity contribution in [1.82, 2.24) is 0 Å². The van der Waals surface area contributed by atoms with Gasteiger partial charge in [-0.05, 0) is 0 Å². The molecule has 3 atom stereocenters.